The average Bonchev–Trinajstić information content (AvgIpc) is 2.75. The lowest BCUT2D eigenvalue weighted by atomic mass is 9.99. The molecule has 0 radical (unpaired) electrons. The van der Waals surface area contributed by atoms with Crippen LogP contribution in [0.1, 0.15) is 53.7 Å². The van der Waals surface area contributed by atoms with E-state index in [1.807, 2.05) is 54.3 Å². The number of hydrogen-bond acceptors (Lipinski definition) is 2. The van der Waals surface area contributed by atoms with Crippen LogP contribution in [0.15, 0.2) is 66.7 Å². The SMILES string of the molecule is C[C@@H](NC(=O)c1ccc(CN2CCCCC2=O)cc1)c1cccc2ccccc12. The minimum atomic E-state index is -0.0979. The topological polar surface area (TPSA) is 49.4 Å². The molecule has 29 heavy (non-hydrogen) atoms. The normalized spacial score (nSPS) is 15.3. The summed E-state index contributed by atoms with van der Waals surface area (Å²) in [6, 6.07) is 21.9. The molecule has 0 unspecified atom stereocenters. The van der Waals surface area contributed by atoms with E-state index in [-0.39, 0.29) is 17.9 Å². The van der Waals surface area contributed by atoms with Crippen LogP contribution in [0.2, 0.25) is 0 Å². The van der Waals surface area contributed by atoms with Gasteiger partial charge in [-0.05, 0) is 53.8 Å². The van der Waals surface area contributed by atoms with Gasteiger partial charge >= 0.3 is 0 Å². The molecule has 1 heterocycles. The summed E-state index contributed by atoms with van der Waals surface area (Å²) in [5.41, 5.74) is 2.79. The van der Waals surface area contributed by atoms with Gasteiger partial charge in [0.1, 0.15) is 0 Å². The highest BCUT2D eigenvalue weighted by atomic mass is 16.2. The lowest BCUT2D eigenvalue weighted by molar-refractivity contribution is -0.133. The van der Waals surface area contributed by atoms with Crippen molar-refractivity contribution in [3.05, 3.63) is 83.4 Å². The molecule has 1 N–H and O–H groups in total. The molecule has 148 valence electrons. The molecule has 3 aromatic rings. The Hall–Kier alpha value is -3.14. The average molecular weight is 386 g/mol. The summed E-state index contributed by atoms with van der Waals surface area (Å²) in [6.45, 7) is 3.45. The first kappa shape index (κ1) is 19.2. The van der Waals surface area contributed by atoms with E-state index in [2.05, 4.69) is 29.6 Å². The van der Waals surface area contributed by atoms with Crippen LogP contribution in [-0.4, -0.2) is 23.3 Å². The molecule has 0 aromatic heterocycles. The Labute approximate surface area is 171 Å². The fraction of sp³-hybridized carbons (Fsp3) is 0.280. The molecule has 4 rings (SSSR count). The van der Waals surface area contributed by atoms with E-state index < -0.39 is 0 Å². The molecule has 1 saturated heterocycles. The highest BCUT2D eigenvalue weighted by Gasteiger charge is 2.18. The molecule has 1 aliphatic heterocycles. The molecule has 0 aliphatic carbocycles. The zero-order valence-electron chi connectivity index (χ0n) is 16.7. The predicted molar refractivity (Wildman–Crippen MR) is 116 cm³/mol. The maximum Gasteiger partial charge on any atom is 0.251 e. The summed E-state index contributed by atoms with van der Waals surface area (Å²) in [7, 11) is 0. The third-order valence-electron chi connectivity index (χ3n) is 5.65. The van der Waals surface area contributed by atoms with Gasteiger partial charge in [-0.15, -0.1) is 0 Å². The van der Waals surface area contributed by atoms with E-state index in [4.69, 9.17) is 0 Å². The number of rotatable bonds is 5. The molecule has 4 nitrogen and oxygen atoms in total. The van der Waals surface area contributed by atoms with Crippen molar-refractivity contribution in [3.63, 3.8) is 0 Å². The van der Waals surface area contributed by atoms with Crippen LogP contribution in [0.4, 0.5) is 0 Å². The maximum absolute atomic E-state index is 12.7. The number of fused-ring (bicyclic) bond motifs is 1. The number of nitrogens with one attached hydrogen (secondary N) is 1. The van der Waals surface area contributed by atoms with E-state index in [0.717, 1.165) is 35.9 Å². The van der Waals surface area contributed by atoms with Gasteiger partial charge in [-0.3, -0.25) is 9.59 Å². The van der Waals surface area contributed by atoms with Crippen molar-refractivity contribution >= 4 is 22.6 Å². The number of hydrogen-bond donors (Lipinski definition) is 1. The molecule has 0 saturated carbocycles. The number of benzene rings is 3. The zero-order chi connectivity index (χ0) is 20.2. The van der Waals surface area contributed by atoms with E-state index in [1.54, 1.807) is 0 Å². The third-order valence-corrected chi connectivity index (χ3v) is 5.65. The highest BCUT2D eigenvalue weighted by molar-refractivity contribution is 5.95. The largest absolute Gasteiger partial charge is 0.345 e. The first-order chi connectivity index (χ1) is 14.1. The highest BCUT2D eigenvalue weighted by Crippen LogP contribution is 2.24. The maximum atomic E-state index is 12.7. The summed E-state index contributed by atoms with van der Waals surface area (Å²) < 4.78 is 0. The van der Waals surface area contributed by atoms with Crippen LogP contribution >= 0.6 is 0 Å². The lowest BCUT2D eigenvalue weighted by Gasteiger charge is -2.26. The fourth-order valence-corrected chi connectivity index (χ4v) is 4.00. The van der Waals surface area contributed by atoms with Crippen LogP contribution in [0.5, 0.6) is 0 Å². The van der Waals surface area contributed by atoms with Gasteiger partial charge in [0.25, 0.3) is 5.91 Å². The van der Waals surface area contributed by atoms with Crippen molar-refractivity contribution in [2.45, 2.75) is 38.8 Å². The van der Waals surface area contributed by atoms with Crippen LogP contribution < -0.4 is 5.32 Å². The monoisotopic (exact) mass is 386 g/mol. The number of carbonyl (C=O) groups excluding carboxylic acids is 2. The molecule has 0 spiro atoms. The summed E-state index contributed by atoms with van der Waals surface area (Å²) in [5.74, 6) is 0.132. The van der Waals surface area contributed by atoms with Crippen molar-refractivity contribution in [3.8, 4) is 0 Å². The van der Waals surface area contributed by atoms with E-state index in [0.29, 0.717) is 18.5 Å². The van der Waals surface area contributed by atoms with E-state index >= 15 is 0 Å². The standard InChI is InChI=1S/C25H26N2O2/c1-18(22-10-6-8-20-7-2-3-9-23(20)22)26-25(29)21-14-12-19(13-15-21)17-27-16-5-4-11-24(27)28/h2-3,6-10,12-15,18H,4-5,11,16-17H2,1H3,(H,26,29)/t18-/m1/s1. The fourth-order valence-electron chi connectivity index (χ4n) is 4.00. The van der Waals surface area contributed by atoms with Gasteiger partial charge < -0.3 is 10.2 Å². The Morgan fingerprint density at radius 2 is 1.76 bits per heavy atom. The van der Waals surface area contributed by atoms with Crippen molar-refractivity contribution in [1.29, 1.82) is 0 Å². The van der Waals surface area contributed by atoms with Gasteiger partial charge in [0, 0.05) is 25.1 Å². The number of carbonyl (C=O) groups is 2. The summed E-state index contributed by atoms with van der Waals surface area (Å²) in [4.78, 5) is 26.6. The molecule has 0 bridgehead atoms. The minimum Gasteiger partial charge on any atom is -0.345 e. The first-order valence-corrected chi connectivity index (χ1v) is 10.3. The quantitative estimate of drug-likeness (QED) is 0.682. The van der Waals surface area contributed by atoms with Crippen molar-refractivity contribution in [2.75, 3.05) is 6.54 Å². The van der Waals surface area contributed by atoms with Gasteiger partial charge in [0.15, 0.2) is 0 Å². The number of nitrogens with zero attached hydrogens (tertiary/aromatic N) is 1. The van der Waals surface area contributed by atoms with Gasteiger partial charge in [-0.2, -0.15) is 0 Å². The summed E-state index contributed by atoms with van der Waals surface area (Å²) >= 11 is 0. The number of likely N-dealkylation sites (tertiary alicyclic amines) is 1. The molecular formula is C25H26N2O2. The lowest BCUT2D eigenvalue weighted by Crippen LogP contribution is -2.34. The Kier molecular flexibility index (Phi) is 5.61. The molecule has 4 heteroatoms. The van der Waals surface area contributed by atoms with Crippen LogP contribution in [0, 0.1) is 0 Å². The van der Waals surface area contributed by atoms with E-state index in [1.165, 1.54) is 5.39 Å². The summed E-state index contributed by atoms with van der Waals surface area (Å²) in [5, 5.41) is 5.44. The number of piperidine rings is 1. The van der Waals surface area contributed by atoms with E-state index in [9.17, 15) is 9.59 Å². The van der Waals surface area contributed by atoms with Crippen LogP contribution in [0.3, 0.4) is 0 Å². The molecule has 1 aliphatic rings. The van der Waals surface area contributed by atoms with Gasteiger partial charge in [0.2, 0.25) is 5.91 Å². The second-order valence-corrected chi connectivity index (χ2v) is 7.73. The minimum absolute atomic E-state index is 0.0916. The van der Waals surface area contributed by atoms with Crippen molar-refractivity contribution in [2.24, 2.45) is 0 Å². The smallest absolute Gasteiger partial charge is 0.251 e. The molecule has 3 aromatic carbocycles. The van der Waals surface area contributed by atoms with Crippen molar-refractivity contribution < 1.29 is 9.59 Å². The van der Waals surface area contributed by atoms with Crippen molar-refractivity contribution in [1.82, 2.24) is 10.2 Å². The first-order valence-electron chi connectivity index (χ1n) is 10.3. The Bertz CT molecular complexity index is 1020. The van der Waals surface area contributed by atoms with Gasteiger partial charge in [-0.25, -0.2) is 0 Å². The van der Waals surface area contributed by atoms with Gasteiger partial charge in [-0.1, -0.05) is 54.6 Å². The predicted octanol–water partition coefficient (Wildman–Crippen LogP) is 4.84. The Balaban J connectivity index is 1.43. The molecular weight excluding hydrogens is 360 g/mol. The van der Waals surface area contributed by atoms with Gasteiger partial charge in [0.05, 0.1) is 6.04 Å². The second-order valence-electron chi connectivity index (χ2n) is 7.73. The summed E-state index contributed by atoms with van der Waals surface area (Å²) in [6.07, 6.45) is 2.70. The van der Waals surface area contributed by atoms with Crippen LogP contribution in [-0.2, 0) is 11.3 Å². The molecule has 2 amide bonds. The zero-order valence-corrected chi connectivity index (χ0v) is 16.7. The molecule has 1 fully saturated rings. The van der Waals surface area contributed by atoms with Crippen LogP contribution in [0.25, 0.3) is 10.8 Å². The Morgan fingerprint density at radius 3 is 2.55 bits per heavy atom. The molecule has 1 atom stereocenters. The second kappa shape index (κ2) is 8.48. The Morgan fingerprint density at radius 1 is 1.00 bits per heavy atom. The third kappa shape index (κ3) is 4.32. The number of amides is 2.